The van der Waals surface area contributed by atoms with Crippen molar-refractivity contribution in [3.05, 3.63) is 59.9 Å². The van der Waals surface area contributed by atoms with Gasteiger partial charge in [0.05, 0.1) is 5.69 Å². The number of alkyl halides is 2. The highest BCUT2D eigenvalue weighted by Gasteiger charge is 2.50. The van der Waals surface area contributed by atoms with Crippen molar-refractivity contribution in [2.24, 2.45) is 0 Å². The molecule has 0 bridgehead atoms. The molecule has 30 heavy (non-hydrogen) atoms. The zero-order chi connectivity index (χ0) is 21.7. The molecule has 1 atom stereocenters. The van der Waals surface area contributed by atoms with Crippen molar-refractivity contribution >= 4 is 17.8 Å². The van der Waals surface area contributed by atoms with Gasteiger partial charge in [0.1, 0.15) is 12.3 Å². The summed E-state index contributed by atoms with van der Waals surface area (Å²) in [6.45, 7) is -1.53. The number of nitrogens with one attached hydrogen (secondary N) is 2. The summed E-state index contributed by atoms with van der Waals surface area (Å²) in [6, 6.07) is 10.4. The van der Waals surface area contributed by atoms with Crippen LogP contribution < -0.4 is 15.4 Å². The minimum absolute atomic E-state index is 0.0484. The van der Waals surface area contributed by atoms with Gasteiger partial charge in [0, 0.05) is 12.7 Å². The van der Waals surface area contributed by atoms with Gasteiger partial charge in [-0.15, -0.1) is 0 Å². The molecule has 1 fully saturated rings. The Morgan fingerprint density at radius 2 is 1.97 bits per heavy atom. The molecule has 1 aromatic heterocycles. The first kappa shape index (κ1) is 21.2. The second-order valence-corrected chi connectivity index (χ2v) is 6.78. The van der Waals surface area contributed by atoms with Gasteiger partial charge < -0.3 is 15.4 Å². The molecule has 2 heterocycles. The van der Waals surface area contributed by atoms with E-state index in [2.05, 4.69) is 20.4 Å². The van der Waals surface area contributed by atoms with Gasteiger partial charge in [-0.05, 0) is 43.2 Å². The van der Waals surface area contributed by atoms with Gasteiger partial charge >= 0.3 is 12.6 Å². The number of nitrogens with zero attached hydrogens (tertiary/aromatic N) is 2. The SMILES string of the molecule is CC1(c2ccccn2)NC(=O)N(CC(=O)NCCc2ccc(OC(F)F)cc2)C1=O. The number of rotatable bonds is 8. The van der Waals surface area contributed by atoms with E-state index in [1.54, 1.807) is 30.3 Å². The summed E-state index contributed by atoms with van der Waals surface area (Å²) in [5.74, 6) is -1.01. The maximum absolute atomic E-state index is 12.7. The van der Waals surface area contributed by atoms with Crippen molar-refractivity contribution < 1.29 is 27.9 Å². The predicted octanol–water partition coefficient (Wildman–Crippen LogP) is 1.81. The molecule has 0 radical (unpaired) electrons. The molecule has 0 spiro atoms. The van der Waals surface area contributed by atoms with E-state index < -0.39 is 36.5 Å². The van der Waals surface area contributed by atoms with Crippen LogP contribution in [0.15, 0.2) is 48.7 Å². The van der Waals surface area contributed by atoms with Crippen LogP contribution in [0.5, 0.6) is 5.75 Å². The normalized spacial score (nSPS) is 18.5. The van der Waals surface area contributed by atoms with E-state index in [1.165, 1.54) is 25.3 Å². The minimum atomic E-state index is -2.89. The van der Waals surface area contributed by atoms with Crippen LogP contribution in [0.1, 0.15) is 18.2 Å². The molecular weight excluding hydrogens is 398 g/mol. The fourth-order valence-electron chi connectivity index (χ4n) is 3.06. The van der Waals surface area contributed by atoms with Crippen molar-refractivity contribution in [3.63, 3.8) is 0 Å². The predicted molar refractivity (Wildman–Crippen MR) is 102 cm³/mol. The molecule has 2 aromatic rings. The fraction of sp³-hybridized carbons (Fsp3) is 0.300. The third-order valence-corrected chi connectivity index (χ3v) is 4.64. The molecular formula is C20H20F2N4O4. The van der Waals surface area contributed by atoms with Crippen LogP contribution in [0.4, 0.5) is 13.6 Å². The Kier molecular flexibility index (Phi) is 6.24. The Balaban J connectivity index is 1.51. The topological polar surface area (TPSA) is 101 Å². The first-order chi connectivity index (χ1) is 14.3. The number of pyridine rings is 1. The number of hydrogen-bond acceptors (Lipinski definition) is 5. The van der Waals surface area contributed by atoms with Crippen LogP contribution in [0.25, 0.3) is 0 Å². The first-order valence-corrected chi connectivity index (χ1v) is 9.15. The molecule has 10 heteroatoms. The Bertz CT molecular complexity index is 924. The Morgan fingerprint density at radius 3 is 2.60 bits per heavy atom. The Labute approximate surface area is 171 Å². The summed E-state index contributed by atoms with van der Waals surface area (Å²) in [5, 5.41) is 5.22. The number of urea groups is 1. The lowest BCUT2D eigenvalue weighted by Gasteiger charge is -2.20. The monoisotopic (exact) mass is 418 g/mol. The lowest BCUT2D eigenvalue weighted by Crippen LogP contribution is -2.43. The van der Waals surface area contributed by atoms with E-state index in [9.17, 15) is 23.2 Å². The number of ether oxygens (including phenoxy) is 1. The minimum Gasteiger partial charge on any atom is -0.435 e. The summed E-state index contributed by atoms with van der Waals surface area (Å²) >= 11 is 0. The lowest BCUT2D eigenvalue weighted by atomic mass is 9.97. The molecule has 1 aliphatic rings. The summed E-state index contributed by atoms with van der Waals surface area (Å²) in [7, 11) is 0. The largest absolute Gasteiger partial charge is 0.435 e. The van der Waals surface area contributed by atoms with E-state index in [0.717, 1.165) is 10.5 Å². The number of imide groups is 1. The van der Waals surface area contributed by atoms with Crippen LogP contribution >= 0.6 is 0 Å². The number of carbonyl (C=O) groups is 3. The highest BCUT2D eigenvalue weighted by atomic mass is 19.3. The van der Waals surface area contributed by atoms with Crippen LogP contribution in [0, 0.1) is 0 Å². The van der Waals surface area contributed by atoms with Crippen LogP contribution in [-0.4, -0.2) is 47.4 Å². The van der Waals surface area contributed by atoms with E-state index in [1.807, 2.05) is 0 Å². The van der Waals surface area contributed by atoms with Gasteiger partial charge in [0.15, 0.2) is 5.54 Å². The maximum atomic E-state index is 12.7. The second kappa shape index (κ2) is 8.85. The summed E-state index contributed by atoms with van der Waals surface area (Å²) in [5.41, 5.74) is -0.152. The number of benzene rings is 1. The average Bonchev–Trinajstić information content (AvgIpc) is 2.93. The number of aromatic nitrogens is 1. The molecule has 1 aromatic carbocycles. The molecule has 0 saturated carbocycles. The molecule has 1 aliphatic heterocycles. The quantitative estimate of drug-likeness (QED) is 0.637. The third-order valence-electron chi connectivity index (χ3n) is 4.64. The second-order valence-electron chi connectivity index (χ2n) is 6.78. The van der Waals surface area contributed by atoms with Gasteiger partial charge in [-0.1, -0.05) is 18.2 Å². The molecule has 1 saturated heterocycles. The van der Waals surface area contributed by atoms with Gasteiger partial charge in [0.2, 0.25) is 5.91 Å². The van der Waals surface area contributed by atoms with Crippen molar-refractivity contribution in [3.8, 4) is 5.75 Å². The van der Waals surface area contributed by atoms with E-state index in [-0.39, 0.29) is 12.3 Å². The lowest BCUT2D eigenvalue weighted by molar-refractivity contribution is -0.134. The standard InChI is InChI=1S/C20H20F2N4O4/c1-20(15-4-2-3-10-23-15)17(28)26(19(29)25-20)12-16(27)24-11-9-13-5-7-14(8-6-13)30-18(21)22/h2-8,10,18H,9,11-12H2,1H3,(H,24,27)(H,25,29). The average molecular weight is 418 g/mol. The Hall–Kier alpha value is -3.56. The maximum Gasteiger partial charge on any atom is 0.387 e. The molecule has 8 nitrogen and oxygen atoms in total. The summed E-state index contributed by atoms with van der Waals surface area (Å²) in [6.07, 6.45) is 1.95. The third kappa shape index (κ3) is 4.70. The molecule has 1 unspecified atom stereocenters. The van der Waals surface area contributed by atoms with Crippen molar-refractivity contribution in [2.75, 3.05) is 13.1 Å². The summed E-state index contributed by atoms with van der Waals surface area (Å²) in [4.78, 5) is 42.1. The molecule has 4 amide bonds. The van der Waals surface area contributed by atoms with Crippen molar-refractivity contribution in [1.82, 2.24) is 20.5 Å². The highest BCUT2D eigenvalue weighted by molar-refractivity contribution is 6.08. The van der Waals surface area contributed by atoms with Gasteiger partial charge in [-0.25, -0.2) is 4.79 Å². The van der Waals surface area contributed by atoms with E-state index >= 15 is 0 Å². The molecule has 0 aliphatic carbocycles. The van der Waals surface area contributed by atoms with Crippen LogP contribution in [-0.2, 0) is 21.5 Å². The van der Waals surface area contributed by atoms with E-state index in [4.69, 9.17) is 0 Å². The van der Waals surface area contributed by atoms with Crippen molar-refractivity contribution in [2.45, 2.75) is 25.5 Å². The first-order valence-electron chi connectivity index (χ1n) is 9.15. The smallest absolute Gasteiger partial charge is 0.387 e. The Morgan fingerprint density at radius 1 is 1.23 bits per heavy atom. The zero-order valence-electron chi connectivity index (χ0n) is 16.1. The molecule has 158 valence electrons. The number of carbonyl (C=O) groups excluding carboxylic acids is 3. The fourth-order valence-corrected chi connectivity index (χ4v) is 3.06. The molecule has 2 N–H and O–H groups in total. The number of halogens is 2. The van der Waals surface area contributed by atoms with Crippen LogP contribution in [0.2, 0.25) is 0 Å². The number of hydrogen-bond donors (Lipinski definition) is 2. The number of amides is 4. The summed E-state index contributed by atoms with van der Waals surface area (Å²) < 4.78 is 28.6. The van der Waals surface area contributed by atoms with Gasteiger partial charge in [-0.2, -0.15) is 8.78 Å². The molecule has 3 rings (SSSR count). The van der Waals surface area contributed by atoms with E-state index in [0.29, 0.717) is 12.1 Å². The van der Waals surface area contributed by atoms with Crippen molar-refractivity contribution in [1.29, 1.82) is 0 Å². The van der Waals surface area contributed by atoms with Crippen LogP contribution in [0.3, 0.4) is 0 Å². The zero-order valence-corrected chi connectivity index (χ0v) is 16.1. The van der Waals surface area contributed by atoms with Gasteiger partial charge in [0.25, 0.3) is 5.91 Å². The van der Waals surface area contributed by atoms with Gasteiger partial charge in [-0.3, -0.25) is 19.5 Å². The highest BCUT2D eigenvalue weighted by Crippen LogP contribution is 2.26.